The number of nitrogens with one attached hydrogen (secondary N) is 1. The summed E-state index contributed by atoms with van der Waals surface area (Å²) in [5, 5.41) is 7.75. The molecule has 6 nitrogen and oxygen atoms in total. The number of hydrogen-bond donors (Lipinski definition) is 1. The highest BCUT2D eigenvalue weighted by Gasteiger charge is 2.11. The Balaban J connectivity index is 1.68. The lowest BCUT2D eigenvalue weighted by Crippen LogP contribution is -2.23. The van der Waals surface area contributed by atoms with Crippen molar-refractivity contribution in [1.82, 2.24) is 15.1 Å². The third kappa shape index (κ3) is 5.01. The number of amides is 1. The lowest BCUT2D eigenvalue weighted by molar-refractivity contribution is 0.0950. The highest BCUT2D eigenvalue weighted by Crippen LogP contribution is 2.23. The van der Waals surface area contributed by atoms with Crippen molar-refractivity contribution in [1.29, 1.82) is 0 Å². The normalized spacial score (nSPS) is 10.5. The molecule has 0 aliphatic carbocycles. The molecular weight excluding hydrogens is 366 g/mol. The van der Waals surface area contributed by atoms with E-state index in [2.05, 4.69) is 10.4 Å². The van der Waals surface area contributed by atoms with Gasteiger partial charge >= 0.3 is 0 Å². The van der Waals surface area contributed by atoms with Gasteiger partial charge in [-0.3, -0.25) is 9.48 Å². The molecule has 2 aromatic carbocycles. The van der Waals surface area contributed by atoms with Crippen LogP contribution in [0.1, 0.15) is 21.6 Å². The summed E-state index contributed by atoms with van der Waals surface area (Å²) in [5.41, 5.74) is 2.10. The molecule has 1 heterocycles. The highest BCUT2D eigenvalue weighted by atomic mass is 35.5. The molecule has 0 radical (unpaired) electrons. The number of hydrogen-bond acceptors (Lipinski definition) is 4. The maximum Gasteiger partial charge on any atom is 0.251 e. The van der Waals surface area contributed by atoms with Gasteiger partial charge in [0.2, 0.25) is 0 Å². The lowest BCUT2D eigenvalue weighted by Gasteiger charge is -2.12. The van der Waals surface area contributed by atoms with E-state index >= 15 is 0 Å². The minimum Gasteiger partial charge on any atom is -0.496 e. The largest absolute Gasteiger partial charge is 0.496 e. The van der Waals surface area contributed by atoms with Crippen LogP contribution in [-0.4, -0.2) is 22.8 Å². The van der Waals surface area contributed by atoms with Crippen LogP contribution in [0.3, 0.4) is 0 Å². The van der Waals surface area contributed by atoms with E-state index in [1.54, 1.807) is 54.3 Å². The molecule has 0 fully saturated rings. The lowest BCUT2D eigenvalue weighted by atomic mass is 10.1. The monoisotopic (exact) mass is 385 g/mol. The van der Waals surface area contributed by atoms with Crippen molar-refractivity contribution in [3.8, 4) is 11.5 Å². The minimum absolute atomic E-state index is 0.184. The fourth-order valence-corrected chi connectivity index (χ4v) is 2.68. The quantitative estimate of drug-likeness (QED) is 0.675. The van der Waals surface area contributed by atoms with Gasteiger partial charge in [-0.05, 0) is 48.5 Å². The van der Waals surface area contributed by atoms with Crippen molar-refractivity contribution in [2.24, 2.45) is 7.05 Å². The standard InChI is InChI=1S/C20H20ClN3O3/c1-24-10-9-17(23-24)12-22-20(25)14-3-8-19(26-2)15(11-14)13-27-18-6-4-16(21)5-7-18/h3-11H,12-13H2,1-2H3,(H,22,25). The number of rotatable bonds is 7. The third-order valence-corrected chi connectivity index (χ3v) is 4.20. The Hall–Kier alpha value is -2.99. The van der Waals surface area contributed by atoms with Crippen LogP contribution in [0.4, 0.5) is 0 Å². The first kappa shape index (κ1) is 18.8. The molecule has 0 saturated heterocycles. The van der Waals surface area contributed by atoms with Gasteiger partial charge < -0.3 is 14.8 Å². The predicted octanol–water partition coefficient (Wildman–Crippen LogP) is 3.59. The van der Waals surface area contributed by atoms with E-state index < -0.39 is 0 Å². The molecule has 27 heavy (non-hydrogen) atoms. The summed E-state index contributed by atoms with van der Waals surface area (Å²) < 4.78 is 12.8. The molecular formula is C20H20ClN3O3. The Morgan fingerprint density at radius 2 is 1.96 bits per heavy atom. The molecule has 140 valence electrons. The summed E-state index contributed by atoms with van der Waals surface area (Å²) in [4.78, 5) is 12.4. The molecule has 1 amide bonds. The molecule has 3 aromatic rings. The Morgan fingerprint density at radius 1 is 1.19 bits per heavy atom. The summed E-state index contributed by atoms with van der Waals surface area (Å²) in [5.74, 6) is 1.16. The maximum atomic E-state index is 12.4. The number of benzene rings is 2. The van der Waals surface area contributed by atoms with E-state index in [9.17, 15) is 4.79 Å². The zero-order valence-electron chi connectivity index (χ0n) is 15.1. The second kappa shape index (κ2) is 8.60. The third-order valence-electron chi connectivity index (χ3n) is 3.95. The van der Waals surface area contributed by atoms with Gasteiger partial charge in [0.15, 0.2) is 0 Å². The van der Waals surface area contributed by atoms with Gasteiger partial charge in [0, 0.05) is 29.4 Å². The number of carbonyl (C=O) groups is 1. The van der Waals surface area contributed by atoms with Crippen molar-refractivity contribution in [3.05, 3.63) is 76.6 Å². The van der Waals surface area contributed by atoms with Gasteiger partial charge in [0.05, 0.1) is 19.3 Å². The van der Waals surface area contributed by atoms with Crippen molar-refractivity contribution in [3.63, 3.8) is 0 Å². The van der Waals surface area contributed by atoms with E-state index in [4.69, 9.17) is 21.1 Å². The zero-order chi connectivity index (χ0) is 19.2. The fraction of sp³-hybridized carbons (Fsp3) is 0.200. The summed E-state index contributed by atoms with van der Waals surface area (Å²) in [6, 6.07) is 14.2. The average Bonchev–Trinajstić information content (AvgIpc) is 3.10. The van der Waals surface area contributed by atoms with Gasteiger partial charge in [-0.2, -0.15) is 5.10 Å². The molecule has 0 unspecified atom stereocenters. The van der Waals surface area contributed by atoms with E-state index in [1.807, 2.05) is 19.3 Å². The second-order valence-electron chi connectivity index (χ2n) is 5.93. The molecule has 0 spiro atoms. The summed E-state index contributed by atoms with van der Waals surface area (Å²) >= 11 is 5.88. The van der Waals surface area contributed by atoms with Crippen molar-refractivity contribution >= 4 is 17.5 Å². The first-order chi connectivity index (χ1) is 13.0. The van der Waals surface area contributed by atoms with Gasteiger partial charge in [-0.15, -0.1) is 0 Å². The van der Waals surface area contributed by atoms with Crippen LogP contribution < -0.4 is 14.8 Å². The van der Waals surface area contributed by atoms with E-state index in [0.717, 1.165) is 11.3 Å². The molecule has 1 aromatic heterocycles. The maximum absolute atomic E-state index is 12.4. The number of carbonyl (C=O) groups excluding carboxylic acids is 1. The van der Waals surface area contributed by atoms with Gasteiger partial charge in [0.25, 0.3) is 5.91 Å². The fourth-order valence-electron chi connectivity index (χ4n) is 2.55. The second-order valence-corrected chi connectivity index (χ2v) is 6.37. The molecule has 0 aliphatic heterocycles. The average molecular weight is 386 g/mol. The molecule has 3 rings (SSSR count). The van der Waals surface area contributed by atoms with Crippen LogP contribution in [0.25, 0.3) is 0 Å². The summed E-state index contributed by atoms with van der Waals surface area (Å²) in [7, 11) is 3.42. The van der Waals surface area contributed by atoms with E-state index in [-0.39, 0.29) is 12.5 Å². The smallest absolute Gasteiger partial charge is 0.251 e. The van der Waals surface area contributed by atoms with Crippen molar-refractivity contribution < 1.29 is 14.3 Å². The van der Waals surface area contributed by atoms with Crippen LogP contribution >= 0.6 is 11.6 Å². The van der Waals surface area contributed by atoms with Crippen LogP contribution in [0, 0.1) is 0 Å². The number of aromatic nitrogens is 2. The molecule has 0 aliphatic rings. The Morgan fingerprint density at radius 3 is 2.63 bits per heavy atom. The number of ether oxygens (including phenoxy) is 2. The highest BCUT2D eigenvalue weighted by molar-refractivity contribution is 6.30. The summed E-state index contributed by atoms with van der Waals surface area (Å²) in [6.07, 6.45) is 1.83. The van der Waals surface area contributed by atoms with Crippen LogP contribution in [0.5, 0.6) is 11.5 Å². The number of aryl methyl sites for hydroxylation is 1. The first-order valence-corrected chi connectivity index (χ1v) is 8.75. The molecule has 0 atom stereocenters. The molecule has 0 bridgehead atoms. The molecule has 7 heteroatoms. The van der Waals surface area contributed by atoms with Crippen LogP contribution in [0.15, 0.2) is 54.7 Å². The van der Waals surface area contributed by atoms with Crippen molar-refractivity contribution in [2.45, 2.75) is 13.2 Å². The van der Waals surface area contributed by atoms with Crippen LogP contribution in [-0.2, 0) is 20.2 Å². The molecule has 0 saturated carbocycles. The van der Waals surface area contributed by atoms with Crippen LogP contribution in [0.2, 0.25) is 5.02 Å². The van der Waals surface area contributed by atoms with E-state index in [0.29, 0.717) is 28.6 Å². The Bertz CT molecular complexity index is 922. The molecule has 1 N–H and O–H groups in total. The Kier molecular flexibility index (Phi) is 5.98. The summed E-state index contributed by atoms with van der Waals surface area (Å²) in [6.45, 7) is 0.633. The van der Waals surface area contributed by atoms with Gasteiger partial charge in [-0.25, -0.2) is 0 Å². The number of halogens is 1. The topological polar surface area (TPSA) is 65.4 Å². The van der Waals surface area contributed by atoms with Gasteiger partial charge in [-0.1, -0.05) is 11.6 Å². The predicted molar refractivity (Wildman–Crippen MR) is 103 cm³/mol. The number of nitrogens with zero attached hydrogens (tertiary/aromatic N) is 2. The minimum atomic E-state index is -0.184. The zero-order valence-corrected chi connectivity index (χ0v) is 15.9. The number of methoxy groups -OCH3 is 1. The Labute approximate surface area is 162 Å². The van der Waals surface area contributed by atoms with E-state index in [1.165, 1.54) is 0 Å². The van der Waals surface area contributed by atoms with Gasteiger partial charge in [0.1, 0.15) is 18.1 Å². The SMILES string of the molecule is COc1ccc(C(=O)NCc2ccn(C)n2)cc1COc1ccc(Cl)cc1. The first-order valence-electron chi connectivity index (χ1n) is 8.37. The van der Waals surface area contributed by atoms with Crippen molar-refractivity contribution in [2.75, 3.05) is 7.11 Å².